The van der Waals surface area contributed by atoms with Gasteiger partial charge in [0.05, 0.1) is 11.9 Å². The van der Waals surface area contributed by atoms with Crippen molar-refractivity contribution < 1.29 is 0 Å². The van der Waals surface area contributed by atoms with Crippen LogP contribution in [0.3, 0.4) is 0 Å². The molecule has 0 radical (unpaired) electrons. The number of nitrogens with zero attached hydrogens (tertiary/aromatic N) is 3. The monoisotopic (exact) mass is 320 g/mol. The lowest BCUT2D eigenvalue weighted by Crippen LogP contribution is -1.89. The summed E-state index contributed by atoms with van der Waals surface area (Å²) in [4.78, 5) is 16.5. The van der Waals surface area contributed by atoms with Gasteiger partial charge in [-0.25, -0.2) is 15.0 Å². The molecule has 4 nitrogen and oxygen atoms in total. The average molecular weight is 320 g/mol. The molecule has 4 heteroatoms. The standard InChI is InChI=1S/C20H24N4/c1-2-3-4-5-6-8-19-23-15-18(24-19)16-9-11-17(12-10-16)20-21-13-7-14-22-20/h7,9-15H,2-6,8H2,1H3,(H,23,24). The quantitative estimate of drug-likeness (QED) is 0.591. The second kappa shape index (κ2) is 8.39. The summed E-state index contributed by atoms with van der Waals surface area (Å²) < 4.78 is 0. The maximum absolute atomic E-state index is 4.51. The van der Waals surface area contributed by atoms with Crippen molar-refractivity contribution in [2.45, 2.75) is 45.4 Å². The number of nitrogens with one attached hydrogen (secondary N) is 1. The number of unbranched alkanes of at least 4 members (excludes halogenated alkanes) is 4. The van der Waals surface area contributed by atoms with Crippen LogP contribution in [0.15, 0.2) is 48.9 Å². The van der Waals surface area contributed by atoms with E-state index in [1.54, 1.807) is 12.4 Å². The van der Waals surface area contributed by atoms with Crippen molar-refractivity contribution in [3.05, 3.63) is 54.7 Å². The van der Waals surface area contributed by atoms with Crippen molar-refractivity contribution in [1.82, 2.24) is 19.9 Å². The summed E-state index contributed by atoms with van der Waals surface area (Å²) in [7, 11) is 0. The van der Waals surface area contributed by atoms with Gasteiger partial charge in [-0.2, -0.15) is 0 Å². The van der Waals surface area contributed by atoms with Crippen molar-refractivity contribution in [3.63, 3.8) is 0 Å². The third-order valence-electron chi connectivity index (χ3n) is 4.17. The first kappa shape index (κ1) is 16.4. The number of hydrogen-bond acceptors (Lipinski definition) is 3. The highest BCUT2D eigenvalue weighted by molar-refractivity contribution is 5.64. The van der Waals surface area contributed by atoms with Gasteiger partial charge in [-0.15, -0.1) is 0 Å². The lowest BCUT2D eigenvalue weighted by Gasteiger charge is -2.02. The topological polar surface area (TPSA) is 54.5 Å². The molecule has 0 unspecified atom stereocenters. The first-order valence-electron chi connectivity index (χ1n) is 8.78. The first-order chi connectivity index (χ1) is 11.9. The van der Waals surface area contributed by atoms with Gasteiger partial charge in [0.2, 0.25) is 0 Å². The Morgan fingerprint density at radius 1 is 0.833 bits per heavy atom. The van der Waals surface area contributed by atoms with Crippen LogP contribution in [0.4, 0.5) is 0 Å². The largest absolute Gasteiger partial charge is 0.342 e. The third-order valence-corrected chi connectivity index (χ3v) is 4.17. The van der Waals surface area contributed by atoms with Gasteiger partial charge in [0.25, 0.3) is 0 Å². The Balaban J connectivity index is 1.61. The molecule has 2 heterocycles. The molecule has 2 aromatic heterocycles. The van der Waals surface area contributed by atoms with Gasteiger partial charge in [-0.1, -0.05) is 56.9 Å². The second-order valence-electron chi connectivity index (χ2n) is 6.06. The van der Waals surface area contributed by atoms with E-state index >= 15 is 0 Å². The molecule has 0 atom stereocenters. The summed E-state index contributed by atoms with van der Waals surface area (Å²) in [5.41, 5.74) is 3.23. The van der Waals surface area contributed by atoms with Crippen LogP contribution in [0.2, 0.25) is 0 Å². The number of rotatable bonds is 8. The van der Waals surface area contributed by atoms with E-state index in [0.717, 1.165) is 34.9 Å². The van der Waals surface area contributed by atoms with E-state index in [-0.39, 0.29) is 0 Å². The number of benzene rings is 1. The minimum absolute atomic E-state index is 0.751. The minimum Gasteiger partial charge on any atom is -0.342 e. The molecule has 3 rings (SSSR count). The minimum atomic E-state index is 0.751. The summed E-state index contributed by atoms with van der Waals surface area (Å²) in [6.45, 7) is 2.24. The van der Waals surface area contributed by atoms with Crippen LogP contribution < -0.4 is 0 Å². The Hall–Kier alpha value is -2.49. The molecule has 0 saturated heterocycles. The van der Waals surface area contributed by atoms with Gasteiger partial charge >= 0.3 is 0 Å². The zero-order valence-corrected chi connectivity index (χ0v) is 14.2. The van der Waals surface area contributed by atoms with Crippen LogP contribution in [-0.2, 0) is 6.42 Å². The normalized spacial score (nSPS) is 10.9. The van der Waals surface area contributed by atoms with Gasteiger partial charge in [-0.05, 0) is 18.1 Å². The highest BCUT2D eigenvalue weighted by Gasteiger charge is 2.05. The van der Waals surface area contributed by atoms with Crippen LogP contribution in [0.5, 0.6) is 0 Å². The van der Waals surface area contributed by atoms with Crippen molar-refractivity contribution in [2.75, 3.05) is 0 Å². The van der Waals surface area contributed by atoms with Gasteiger partial charge in [0.15, 0.2) is 5.82 Å². The Morgan fingerprint density at radius 3 is 2.29 bits per heavy atom. The van der Waals surface area contributed by atoms with Crippen LogP contribution >= 0.6 is 0 Å². The van der Waals surface area contributed by atoms with Gasteiger partial charge in [0, 0.05) is 24.4 Å². The lowest BCUT2D eigenvalue weighted by atomic mass is 10.1. The molecule has 3 aromatic rings. The van der Waals surface area contributed by atoms with Crippen LogP contribution in [0, 0.1) is 0 Å². The van der Waals surface area contributed by atoms with E-state index < -0.39 is 0 Å². The Labute approximate surface area is 143 Å². The number of hydrogen-bond donors (Lipinski definition) is 1. The SMILES string of the molecule is CCCCCCCc1ncc(-c2ccc(-c3ncccn3)cc2)[nH]1. The van der Waals surface area contributed by atoms with E-state index in [2.05, 4.69) is 51.1 Å². The predicted molar refractivity (Wildman–Crippen MR) is 97.5 cm³/mol. The fourth-order valence-corrected chi connectivity index (χ4v) is 2.78. The predicted octanol–water partition coefficient (Wildman–Crippen LogP) is 5.05. The van der Waals surface area contributed by atoms with Crippen LogP contribution in [-0.4, -0.2) is 19.9 Å². The summed E-state index contributed by atoms with van der Waals surface area (Å²) in [5.74, 6) is 1.83. The molecule has 0 aliphatic rings. The lowest BCUT2D eigenvalue weighted by molar-refractivity contribution is 0.624. The van der Waals surface area contributed by atoms with Gasteiger partial charge in [0.1, 0.15) is 5.82 Å². The number of H-pyrrole nitrogens is 1. The fraction of sp³-hybridized carbons (Fsp3) is 0.350. The maximum atomic E-state index is 4.51. The molecule has 1 N–H and O–H groups in total. The molecule has 124 valence electrons. The molecule has 0 amide bonds. The van der Waals surface area contributed by atoms with Crippen molar-refractivity contribution in [1.29, 1.82) is 0 Å². The molecule has 0 fully saturated rings. The molecule has 0 aliphatic heterocycles. The maximum Gasteiger partial charge on any atom is 0.159 e. The van der Waals surface area contributed by atoms with E-state index in [0.29, 0.717) is 0 Å². The Morgan fingerprint density at radius 2 is 1.54 bits per heavy atom. The summed E-state index contributed by atoms with van der Waals surface area (Å²) >= 11 is 0. The van der Waals surface area contributed by atoms with Crippen molar-refractivity contribution in [3.8, 4) is 22.6 Å². The summed E-state index contributed by atoms with van der Waals surface area (Å²) in [5, 5.41) is 0. The molecule has 0 saturated carbocycles. The molecule has 0 bridgehead atoms. The van der Waals surface area contributed by atoms with E-state index in [1.807, 2.05) is 12.3 Å². The number of aromatic amines is 1. The molecule has 0 spiro atoms. The molecule has 1 aromatic carbocycles. The zero-order chi connectivity index (χ0) is 16.6. The van der Waals surface area contributed by atoms with Crippen molar-refractivity contribution in [2.24, 2.45) is 0 Å². The smallest absolute Gasteiger partial charge is 0.159 e. The first-order valence-corrected chi connectivity index (χ1v) is 8.78. The second-order valence-corrected chi connectivity index (χ2v) is 6.06. The highest BCUT2D eigenvalue weighted by Crippen LogP contribution is 2.22. The van der Waals surface area contributed by atoms with E-state index in [4.69, 9.17) is 0 Å². The van der Waals surface area contributed by atoms with Crippen LogP contribution in [0.1, 0.15) is 44.9 Å². The summed E-state index contributed by atoms with van der Waals surface area (Å²) in [6.07, 6.45) is 12.9. The van der Waals surface area contributed by atoms with Crippen LogP contribution in [0.25, 0.3) is 22.6 Å². The molecule has 0 aliphatic carbocycles. The summed E-state index contributed by atoms with van der Waals surface area (Å²) in [6, 6.07) is 10.1. The van der Waals surface area contributed by atoms with Gasteiger partial charge in [-0.3, -0.25) is 0 Å². The fourth-order valence-electron chi connectivity index (χ4n) is 2.78. The van der Waals surface area contributed by atoms with E-state index in [1.165, 1.54) is 32.1 Å². The number of aromatic nitrogens is 4. The molecular weight excluding hydrogens is 296 g/mol. The van der Waals surface area contributed by atoms with Crippen molar-refractivity contribution >= 4 is 0 Å². The van der Waals surface area contributed by atoms with E-state index in [9.17, 15) is 0 Å². The highest BCUT2D eigenvalue weighted by atomic mass is 14.9. The molecular formula is C20H24N4. The average Bonchev–Trinajstić information content (AvgIpc) is 3.11. The number of imidazole rings is 1. The number of aryl methyl sites for hydroxylation is 1. The third kappa shape index (κ3) is 4.28. The Bertz CT molecular complexity index is 732. The Kier molecular flexibility index (Phi) is 5.72. The van der Waals surface area contributed by atoms with Gasteiger partial charge < -0.3 is 4.98 Å². The molecule has 24 heavy (non-hydrogen) atoms. The zero-order valence-electron chi connectivity index (χ0n) is 14.2.